The largest absolute Gasteiger partial charge is 0.395 e. The Morgan fingerprint density at radius 2 is 2.00 bits per heavy atom. The molecule has 12 nitrogen and oxygen atoms in total. The van der Waals surface area contributed by atoms with Crippen molar-refractivity contribution in [3.05, 3.63) is 65.9 Å². The van der Waals surface area contributed by atoms with E-state index in [2.05, 4.69) is 30.5 Å². The first-order valence-electron chi connectivity index (χ1n) is 13.8. The zero-order valence-electron chi connectivity index (χ0n) is 23.3. The van der Waals surface area contributed by atoms with Crippen LogP contribution < -0.4 is 10.2 Å². The number of aromatic amines is 1. The van der Waals surface area contributed by atoms with Crippen molar-refractivity contribution in [2.45, 2.75) is 32.9 Å². The summed E-state index contributed by atoms with van der Waals surface area (Å²) in [5.74, 6) is -1.06. The zero-order chi connectivity index (χ0) is 28.7. The van der Waals surface area contributed by atoms with E-state index in [0.29, 0.717) is 30.2 Å². The number of pyridine rings is 1. The maximum absolute atomic E-state index is 13.9. The smallest absolute Gasteiger partial charge is 0.270 e. The van der Waals surface area contributed by atoms with Crippen molar-refractivity contribution in [1.29, 1.82) is 0 Å². The van der Waals surface area contributed by atoms with Gasteiger partial charge >= 0.3 is 0 Å². The van der Waals surface area contributed by atoms with Gasteiger partial charge in [0.25, 0.3) is 5.91 Å². The summed E-state index contributed by atoms with van der Waals surface area (Å²) in [4.78, 5) is 39.0. The van der Waals surface area contributed by atoms with Gasteiger partial charge in [0.15, 0.2) is 0 Å². The molecular formula is C29H33N9O3. The highest BCUT2D eigenvalue weighted by atomic mass is 16.3. The number of hydrogen-bond donors (Lipinski definition) is 3. The van der Waals surface area contributed by atoms with Gasteiger partial charge in [-0.1, -0.05) is 5.21 Å². The minimum absolute atomic E-state index is 0.0663. The Hall–Kier alpha value is -4.71. The number of carbonyl (C=O) groups is 2. The third-order valence-corrected chi connectivity index (χ3v) is 7.87. The molecule has 6 rings (SSSR count). The predicted octanol–water partition coefficient (Wildman–Crippen LogP) is 2.86. The molecule has 1 aliphatic rings. The molecule has 3 N–H and O–H groups in total. The average molecular weight is 556 g/mol. The Balaban J connectivity index is 1.28. The zero-order valence-corrected chi connectivity index (χ0v) is 23.3. The highest BCUT2D eigenvalue weighted by Gasteiger charge is 2.38. The van der Waals surface area contributed by atoms with Crippen LogP contribution in [0.15, 0.2) is 48.8 Å². The molecule has 12 heteroatoms. The third-order valence-electron chi connectivity index (χ3n) is 7.87. The van der Waals surface area contributed by atoms with Crippen molar-refractivity contribution >= 4 is 45.1 Å². The molecule has 1 unspecified atom stereocenters. The molecule has 0 aliphatic carbocycles. The molecule has 0 spiro atoms. The summed E-state index contributed by atoms with van der Waals surface area (Å²) < 4.78 is 3.63. The second-order valence-corrected chi connectivity index (χ2v) is 10.2. The molecule has 1 atom stereocenters. The minimum Gasteiger partial charge on any atom is -0.395 e. The lowest BCUT2D eigenvalue weighted by atomic mass is 9.96. The van der Waals surface area contributed by atoms with Crippen LogP contribution in [0, 0.1) is 0 Å². The molecule has 212 valence electrons. The number of benzene rings is 1. The minimum atomic E-state index is -0.647. The molecule has 0 radical (unpaired) electrons. The van der Waals surface area contributed by atoms with E-state index >= 15 is 0 Å². The van der Waals surface area contributed by atoms with E-state index in [0.717, 1.165) is 39.9 Å². The van der Waals surface area contributed by atoms with E-state index < -0.39 is 5.92 Å². The van der Waals surface area contributed by atoms with Crippen LogP contribution in [0.4, 0.5) is 11.4 Å². The monoisotopic (exact) mass is 555 g/mol. The molecule has 5 heterocycles. The summed E-state index contributed by atoms with van der Waals surface area (Å²) in [5, 5.41) is 22.8. The van der Waals surface area contributed by atoms with E-state index in [1.807, 2.05) is 68.1 Å². The van der Waals surface area contributed by atoms with E-state index in [-0.39, 0.29) is 31.5 Å². The molecule has 4 aromatic heterocycles. The Labute approximate surface area is 236 Å². The number of likely N-dealkylation sites (N-methyl/N-ethyl adjacent to an activating group) is 1. The summed E-state index contributed by atoms with van der Waals surface area (Å²) in [5.41, 5.74) is 5.17. The number of rotatable bonds is 8. The number of aliphatic hydroxyl groups excluding tert-OH is 1. The summed E-state index contributed by atoms with van der Waals surface area (Å²) >= 11 is 0. The van der Waals surface area contributed by atoms with Crippen molar-refractivity contribution in [3.8, 4) is 0 Å². The quantitative estimate of drug-likeness (QED) is 0.268. The number of aryl methyl sites for hydroxylation is 2. The molecule has 2 amide bonds. The van der Waals surface area contributed by atoms with Crippen LogP contribution in [-0.2, 0) is 24.9 Å². The van der Waals surface area contributed by atoms with Gasteiger partial charge in [0.05, 0.1) is 30.3 Å². The van der Waals surface area contributed by atoms with E-state index in [9.17, 15) is 14.7 Å². The number of aliphatic hydroxyl groups is 1. The van der Waals surface area contributed by atoms with Crippen LogP contribution >= 0.6 is 0 Å². The second-order valence-electron chi connectivity index (χ2n) is 10.2. The van der Waals surface area contributed by atoms with Gasteiger partial charge in [0.1, 0.15) is 17.0 Å². The summed E-state index contributed by atoms with van der Waals surface area (Å²) in [6.45, 7) is 6.38. The molecular weight excluding hydrogens is 522 g/mol. The number of H-pyrrole nitrogens is 1. The maximum Gasteiger partial charge on any atom is 0.270 e. The molecule has 41 heavy (non-hydrogen) atoms. The lowest BCUT2D eigenvalue weighted by Crippen LogP contribution is -2.43. The lowest BCUT2D eigenvalue weighted by molar-refractivity contribution is -0.118. The van der Waals surface area contributed by atoms with E-state index in [4.69, 9.17) is 0 Å². The van der Waals surface area contributed by atoms with Gasteiger partial charge in [0, 0.05) is 67.8 Å². The van der Waals surface area contributed by atoms with Crippen molar-refractivity contribution in [3.63, 3.8) is 0 Å². The van der Waals surface area contributed by atoms with Crippen molar-refractivity contribution < 1.29 is 14.7 Å². The van der Waals surface area contributed by atoms with Crippen LogP contribution in [0.3, 0.4) is 0 Å². The first-order valence-corrected chi connectivity index (χ1v) is 13.8. The fourth-order valence-corrected chi connectivity index (χ4v) is 5.79. The van der Waals surface area contributed by atoms with Crippen molar-refractivity contribution in [2.75, 3.05) is 36.5 Å². The van der Waals surface area contributed by atoms with Gasteiger partial charge in [0.2, 0.25) is 5.91 Å². The number of carbonyl (C=O) groups excluding carboxylic acids is 2. The predicted molar refractivity (Wildman–Crippen MR) is 156 cm³/mol. The Kier molecular flexibility index (Phi) is 6.91. The van der Waals surface area contributed by atoms with Crippen LogP contribution in [0.5, 0.6) is 0 Å². The summed E-state index contributed by atoms with van der Waals surface area (Å²) in [6, 6.07) is 11.3. The number of fused-ring (bicyclic) bond motifs is 4. The Morgan fingerprint density at radius 1 is 1.20 bits per heavy atom. The van der Waals surface area contributed by atoms with Crippen LogP contribution in [0.25, 0.3) is 21.9 Å². The maximum atomic E-state index is 13.9. The third kappa shape index (κ3) is 4.59. The number of hydrogen-bond acceptors (Lipinski definition) is 7. The fraction of sp³-hybridized carbons (Fsp3) is 0.345. The highest BCUT2D eigenvalue weighted by molar-refractivity contribution is 6.07. The normalized spacial score (nSPS) is 14.9. The van der Waals surface area contributed by atoms with E-state index in [1.165, 1.54) is 0 Å². The SMILES string of the molecule is CCN(CCO)c1ccc(NC(=O)C2CN(C(=O)c3cc4cnc5[nH]ccc5c4n3C)Cc3nnn(CC)c32)cc1. The van der Waals surface area contributed by atoms with Gasteiger partial charge in [-0.05, 0) is 50.2 Å². The van der Waals surface area contributed by atoms with Gasteiger partial charge in [-0.15, -0.1) is 5.10 Å². The van der Waals surface area contributed by atoms with Gasteiger partial charge in [-0.25, -0.2) is 9.67 Å². The topological polar surface area (TPSA) is 137 Å². The average Bonchev–Trinajstić information content (AvgIpc) is 3.72. The lowest BCUT2D eigenvalue weighted by Gasteiger charge is -2.32. The van der Waals surface area contributed by atoms with Crippen molar-refractivity contribution in [1.82, 2.24) is 34.4 Å². The van der Waals surface area contributed by atoms with Crippen LogP contribution in [-0.4, -0.2) is 77.6 Å². The van der Waals surface area contributed by atoms with Gasteiger partial charge in [-0.2, -0.15) is 0 Å². The molecule has 0 saturated heterocycles. The first-order chi connectivity index (χ1) is 19.9. The van der Waals surface area contributed by atoms with Gasteiger partial charge < -0.3 is 29.8 Å². The molecule has 1 aromatic carbocycles. The first kappa shape index (κ1) is 26.5. The number of amides is 2. The number of nitrogens with one attached hydrogen (secondary N) is 2. The Morgan fingerprint density at radius 3 is 2.73 bits per heavy atom. The standard InChI is InChI=1S/C29H33N9O3/c1-4-36(12-13-39)20-8-6-19(7-9-20)32-28(40)22-16-37(17-23-26(22)38(5-2)34-33-23)29(41)24-14-18-15-31-27-21(10-11-30-27)25(18)35(24)3/h6-11,14-15,22,39H,4-5,12-13,16-17H2,1-3H3,(H,30,31)(H,32,40). The summed E-state index contributed by atoms with van der Waals surface area (Å²) in [6.07, 6.45) is 3.59. The molecule has 0 fully saturated rings. The van der Waals surface area contributed by atoms with Crippen LogP contribution in [0.2, 0.25) is 0 Å². The molecule has 1 aliphatic heterocycles. The van der Waals surface area contributed by atoms with Crippen LogP contribution in [0.1, 0.15) is 41.6 Å². The molecule has 0 bridgehead atoms. The molecule has 5 aromatic rings. The molecule has 0 saturated carbocycles. The fourth-order valence-electron chi connectivity index (χ4n) is 5.79. The number of anilines is 2. The second kappa shape index (κ2) is 10.7. The number of nitrogens with zero attached hydrogens (tertiary/aromatic N) is 7. The Bertz CT molecular complexity index is 1730. The van der Waals surface area contributed by atoms with Crippen molar-refractivity contribution in [2.24, 2.45) is 7.05 Å². The summed E-state index contributed by atoms with van der Waals surface area (Å²) in [7, 11) is 1.87. The van der Waals surface area contributed by atoms with E-state index in [1.54, 1.807) is 15.8 Å². The highest BCUT2D eigenvalue weighted by Crippen LogP contribution is 2.32. The number of aromatic nitrogens is 6. The van der Waals surface area contributed by atoms with Gasteiger partial charge in [-0.3, -0.25) is 9.59 Å².